The van der Waals surface area contributed by atoms with E-state index in [1.54, 1.807) is 29.2 Å². The molecule has 0 unspecified atom stereocenters. The van der Waals surface area contributed by atoms with E-state index >= 15 is 0 Å². The maximum Gasteiger partial charge on any atom is 0.246 e. The smallest absolute Gasteiger partial charge is 0.246 e. The monoisotopic (exact) mass is 428 g/mol. The van der Waals surface area contributed by atoms with Gasteiger partial charge in [-0.25, -0.2) is 4.39 Å². The summed E-state index contributed by atoms with van der Waals surface area (Å²) in [5, 5.41) is 3.02. The third-order valence-corrected chi connectivity index (χ3v) is 6.50. The lowest BCUT2D eigenvalue weighted by atomic mass is 9.95. The minimum Gasteiger partial charge on any atom is -0.356 e. The third kappa shape index (κ3) is 6.02. The average Bonchev–Trinajstić information content (AvgIpc) is 3.24. The van der Waals surface area contributed by atoms with E-state index in [-0.39, 0.29) is 23.5 Å². The second-order valence-corrected chi connectivity index (χ2v) is 8.73. The quantitative estimate of drug-likeness (QED) is 0.469. The minimum atomic E-state index is -0.247. The average molecular weight is 429 g/mol. The van der Waals surface area contributed by atoms with E-state index in [2.05, 4.69) is 12.2 Å². The number of amides is 2. The van der Waals surface area contributed by atoms with E-state index < -0.39 is 0 Å². The topological polar surface area (TPSA) is 49.4 Å². The van der Waals surface area contributed by atoms with Gasteiger partial charge in [-0.3, -0.25) is 9.59 Å². The molecule has 1 N–H and O–H groups in total. The molecular weight excluding hydrogens is 399 g/mol. The summed E-state index contributed by atoms with van der Waals surface area (Å²) in [5.41, 5.74) is 0.573. The van der Waals surface area contributed by atoms with Crippen LogP contribution in [0.15, 0.2) is 42.5 Å². The largest absolute Gasteiger partial charge is 0.356 e. The number of nitrogens with one attached hydrogen (secondary N) is 1. The maximum absolute atomic E-state index is 13.9. The molecule has 4 nitrogen and oxygen atoms in total. The van der Waals surface area contributed by atoms with E-state index in [0.717, 1.165) is 35.6 Å². The molecular formula is C24H29FN2O2S. The summed E-state index contributed by atoms with van der Waals surface area (Å²) in [4.78, 5) is 28.3. The lowest BCUT2D eigenvalue weighted by molar-refractivity contribution is -0.132. The first kappa shape index (κ1) is 22.2. The normalized spacial score (nSPS) is 14.9. The number of nitrogens with zero attached hydrogens (tertiary/aromatic N) is 1. The first-order chi connectivity index (χ1) is 14.6. The molecule has 2 heterocycles. The van der Waals surface area contributed by atoms with Crippen molar-refractivity contribution in [2.45, 2.75) is 39.0 Å². The number of thiophene rings is 1. The lowest BCUT2D eigenvalue weighted by Crippen LogP contribution is -2.42. The molecule has 0 aliphatic carbocycles. The Kier molecular flexibility index (Phi) is 8.20. The number of rotatable bonds is 8. The zero-order valence-corrected chi connectivity index (χ0v) is 18.2. The van der Waals surface area contributed by atoms with Crippen molar-refractivity contribution in [1.29, 1.82) is 0 Å². The number of hydrogen-bond acceptors (Lipinski definition) is 3. The first-order valence-corrected chi connectivity index (χ1v) is 11.5. The van der Waals surface area contributed by atoms with Crippen molar-refractivity contribution < 1.29 is 14.0 Å². The van der Waals surface area contributed by atoms with Crippen LogP contribution < -0.4 is 5.32 Å². The highest BCUT2D eigenvalue weighted by atomic mass is 32.1. The van der Waals surface area contributed by atoms with E-state index in [9.17, 15) is 14.0 Å². The Morgan fingerprint density at radius 3 is 2.67 bits per heavy atom. The molecule has 1 fully saturated rings. The van der Waals surface area contributed by atoms with Crippen LogP contribution in [0.4, 0.5) is 4.39 Å². The van der Waals surface area contributed by atoms with Gasteiger partial charge in [0, 0.05) is 46.9 Å². The SMILES string of the molecule is CCCCCNC(=O)C1CCN(C(=O)/C=C/c2ccc(-c3ccccc3F)s2)CC1. The first-order valence-electron chi connectivity index (χ1n) is 10.7. The summed E-state index contributed by atoms with van der Waals surface area (Å²) in [6, 6.07) is 10.5. The number of unbranched alkanes of at least 4 members (excludes halogenated alkanes) is 2. The van der Waals surface area contributed by atoms with Crippen molar-refractivity contribution in [2.24, 2.45) is 5.92 Å². The number of carbonyl (C=O) groups excluding carboxylic acids is 2. The standard InChI is InChI=1S/C24H29FN2O2S/c1-2-3-6-15-26-24(29)18-13-16-27(17-14-18)23(28)12-10-19-9-11-22(30-19)20-7-4-5-8-21(20)25/h4-5,7-12,18H,2-3,6,13-17H2,1H3,(H,26,29)/b12-10+. The second-order valence-electron chi connectivity index (χ2n) is 7.61. The van der Waals surface area contributed by atoms with Crippen molar-refractivity contribution in [2.75, 3.05) is 19.6 Å². The van der Waals surface area contributed by atoms with Gasteiger partial charge in [0.1, 0.15) is 5.82 Å². The van der Waals surface area contributed by atoms with Crippen molar-refractivity contribution >= 4 is 29.2 Å². The van der Waals surface area contributed by atoms with Crippen LogP contribution >= 0.6 is 11.3 Å². The molecule has 2 aromatic rings. The lowest BCUT2D eigenvalue weighted by Gasteiger charge is -2.30. The number of halogens is 1. The van der Waals surface area contributed by atoms with Gasteiger partial charge in [0.15, 0.2) is 0 Å². The fraction of sp³-hybridized carbons (Fsp3) is 0.417. The number of piperidine rings is 1. The van der Waals surface area contributed by atoms with Gasteiger partial charge in [0.05, 0.1) is 0 Å². The van der Waals surface area contributed by atoms with Gasteiger partial charge in [-0.05, 0) is 43.5 Å². The van der Waals surface area contributed by atoms with Crippen molar-refractivity contribution in [3.05, 3.63) is 53.2 Å². The van der Waals surface area contributed by atoms with Crippen LogP contribution in [0, 0.1) is 11.7 Å². The van der Waals surface area contributed by atoms with Crippen molar-refractivity contribution in [3.8, 4) is 10.4 Å². The summed E-state index contributed by atoms with van der Waals surface area (Å²) in [7, 11) is 0. The Morgan fingerprint density at radius 2 is 1.93 bits per heavy atom. The summed E-state index contributed by atoms with van der Waals surface area (Å²) in [6.45, 7) is 4.08. The highest BCUT2D eigenvalue weighted by molar-refractivity contribution is 7.16. The van der Waals surface area contributed by atoms with Gasteiger partial charge in [-0.2, -0.15) is 0 Å². The summed E-state index contributed by atoms with van der Waals surface area (Å²) < 4.78 is 13.9. The van der Waals surface area contributed by atoms with Crippen LogP contribution in [0.3, 0.4) is 0 Å². The van der Waals surface area contributed by atoms with Crippen LogP contribution in [-0.2, 0) is 9.59 Å². The van der Waals surface area contributed by atoms with E-state index in [1.807, 2.05) is 18.2 Å². The zero-order valence-electron chi connectivity index (χ0n) is 17.4. The van der Waals surface area contributed by atoms with Gasteiger partial charge < -0.3 is 10.2 Å². The predicted octanol–water partition coefficient (Wildman–Crippen LogP) is 5.11. The van der Waals surface area contributed by atoms with Crippen LogP contribution in [0.5, 0.6) is 0 Å². The highest BCUT2D eigenvalue weighted by Crippen LogP contribution is 2.30. The van der Waals surface area contributed by atoms with E-state index in [1.165, 1.54) is 17.4 Å². The molecule has 0 spiro atoms. The predicted molar refractivity (Wildman–Crippen MR) is 121 cm³/mol. The molecule has 30 heavy (non-hydrogen) atoms. The Bertz CT molecular complexity index is 885. The molecule has 2 amide bonds. The van der Waals surface area contributed by atoms with Gasteiger partial charge in [-0.15, -0.1) is 11.3 Å². The third-order valence-electron chi connectivity index (χ3n) is 5.41. The molecule has 0 radical (unpaired) electrons. The second kappa shape index (κ2) is 11.1. The molecule has 6 heteroatoms. The van der Waals surface area contributed by atoms with E-state index in [4.69, 9.17) is 0 Å². The molecule has 0 saturated carbocycles. The van der Waals surface area contributed by atoms with Gasteiger partial charge in [-0.1, -0.05) is 38.0 Å². The summed E-state index contributed by atoms with van der Waals surface area (Å²) >= 11 is 1.45. The van der Waals surface area contributed by atoms with Crippen LogP contribution in [0.2, 0.25) is 0 Å². The molecule has 0 atom stereocenters. The van der Waals surface area contributed by atoms with E-state index in [0.29, 0.717) is 31.5 Å². The molecule has 1 aromatic carbocycles. The number of hydrogen-bond donors (Lipinski definition) is 1. The number of carbonyl (C=O) groups is 2. The Morgan fingerprint density at radius 1 is 1.17 bits per heavy atom. The van der Waals surface area contributed by atoms with Gasteiger partial charge in [0.25, 0.3) is 0 Å². The fourth-order valence-electron chi connectivity index (χ4n) is 3.60. The maximum atomic E-state index is 13.9. The van der Waals surface area contributed by atoms with Crippen LogP contribution in [0.1, 0.15) is 43.9 Å². The fourth-order valence-corrected chi connectivity index (χ4v) is 4.54. The molecule has 1 aromatic heterocycles. The van der Waals surface area contributed by atoms with Crippen LogP contribution in [0.25, 0.3) is 16.5 Å². The Balaban J connectivity index is 1.47. The summed E-state index contributed by atoms with van der Waals surface area (Å²) in [5.74, 6) is -0.172. The van der Waals surface area contributed by atoms with Gasteiger partial charge in [0.2, 0.25) is 11.8 Å². The van der Waals surface area contributed by atoms with Gasteiger partial charge >= 0.3 is 0 Å². The molecule has 1 aliphatic rings. The van der Waals surface area contributed by atoms with Crippen molar-refractivity contribution in [1.82, 2.24) is 10.2 Å². The van der Waals surface area contributed by atoms with Crippen molar-refractivity contribution in [3.63, 3.8) is 0 Å². The molecule has 1 aliphatic heterocycles. The zero-order chi connectivity index (χ0) is 21.3. The minimum absolute atomic E-state index is 0.000258. The molecule has 1 saturated heterocycles. The number of benzene rings is 1. The summed E-state index contributed by atoms with van der Waals surface area (Å²) in [6.07, 6.45) is 8.05. The molecule has 3 rings (SSSR count). The number of likely N-dealkylation sites (tertiary alicyclic amines) is 1. The Labute approximate surface area is 181 Å². The Hall–Kier alpha value is -2.47. The molecule has 160 valence electrons. The highest BCUT2D eigenvalue weighted by Gasteiger charge is 2.26. The van der Waals surface area contributed by atoms with Crippen LogP contribution in [-0.4, -0.2) is 36.3 Å². The molecule has 0 bridgehead atoms.